The fraction of sp³-hybridized carbons (Fsp3) is 0.250. The number of carbonyl (C=O) groups excluding carboxylic acids is 1. The first-order valence-corrected chi connectivity index (χ1v) is 7.07. The lowest BCUT2D eigenvalue weighted by atomic mass is 9.87. The van der Waals surface area contributed by atoms with E-state index in [0.29, 0.717) is 11.4 Å². The quantitative estimate of drug-likeness (QED) is 0.942. The molecule has 1 aromatic carbocycles. The van der Waals surface area contributed by atoms with Gasteiger partial charge in [-0.05, 0) is 36.2 Å². The van der Waals surface area contributed by atoms with Crippen LogP contribution in [0.15, 0.2) is 48.7 Å². The van der Waals surface area contributed by atoms with Gasteiger partial charge in [-0.2, -0.15) is 0 Å². The maximum Gasteiger partial charge on any atom is 0.220 e. The second-order valence-electron chi connectivity index (χ2n) is 5.00. The minimum atomic E-state index is 0.0694. The van der Waals surface area contributed by atoms with Crippen LogP contribution >= 0.6 is 11.6 Å². The molecular formula is C16H15ClN2O. The van der Waals surface area contributed by atoms with Crippen LogP contribution in [0.25, 0.3) is 0 Å². The van der Waals surface area contributed by atoms with E-state index in [4.69, 9.17) is 11.6 Å². The summed E-state index contributed by atoms with van der Waals surface area (Å²) < 4.78 is 0. The van der Waals surface area contributed by atoms with E-state index in [0.717, 1.165) is 17.7 Å². The maximum absolute atomic E-state index is 11.5. The number of nitrogens with one attached hydrogen (secondary N) is 1. The Balaban J connectivity index is 1.99. The standard InChI is InChI=1S/C16H15ClN2O/c17-12-6-4-11(5-7-12)16(13-3-1-2-10-18-13)14-8-9-15(20)19-14/h1-7,10,14,16H,8-9H2,(H,19,20)/t14-,16+/m1/s1. The van der Waals surface area contributed by atoms with Crippen molar-refractivity contribution in [3.05, 3.63) is 64.9 Å². The first-order chi connectivity index (χ1) is 9.74. The Kier molecular flexibility index (Phi) is 3.70. The van der Waals surface area contributed by atoms with Gasteiger partial charge in [0.2, 0.25) is 5.91 Å². The minimum Gasteiger partial charge on any atom is -0.352 e. The molecule has 2 atom stereocenters. The number of amides is 1. The molecule has 1 fully saturated rings. The number of halogens is 1. The molecule has 0 unspecified atom stereocenters. The third-order valence-electron chi connectivity index (χ3n) is 3.67. The van der Waals surface area contributed by atoms with E-state index >= 15 is 0 Å². The zero-order valence-electron chi connectivity index (χ0n) is 10.9. The number of nitrogens with zero attached hydrogens (tertiary/aromatic N) is 1. The second-order valence-corrected chi connectivity index (χ2v) is 5.43. The molecule has 1 aliphatic rings. The molecule has 4 heteroatoms. The van der Waals surface area contributed by atoms with E-state index in [1.807, 2.05) is 42.5 Å². The van der Waals surface area contributed by atoms with Crippen molar-refractivity contribution in [2.75, 3.05) is 0 Å². The molecule has 1 saturated heterocycles. The van der Waals surface area contributed by atoms with Gasteiger partial charge in [-0.25, -0.2) is 0 Å². The molecule has 0 saturated carbocycles. The Morgan fingerprint density at radius 3 is 2.60 bits per heavy atom. The number of hydrogen-bond donors (Lipinski definition) is 1. The molecule has 1 N–H and O–H groups in total. The molecule has 0 aliphatic carbocycles. The van der Waals surface area contributed by atoms with Gasteiger partial charge < -0.3 is 5.32 Å². The molecule has 3 rings (SSSR count). The third kappa shape index (κ3) is 2.68. The van der Waals surface area contributed by atoms with E-state index in [1.54, 1.807) is 6.20 Å². The predicted molar refractivity (Wildman–Crippen MR) is 78.7 cm³/mol. The highest BCUT2D eigenvalue weighted by Gasteiger charge is 2.31. The topological polar surface area (TPSA) is 42.0 Å². The smallest absolute Gasteiger partial charge is 0.220 e. The van der Waals surface area contributed by atoms with Crippen molar-refractivity contribution in [2.45, 2.75) is 24.8 Å². The van der Waals surface area contributed by atoms with Crippen LogP contribution in [0.5, 0.6) is 0 Å². The first-order valence-electron chi connectivity index (χ1n) is 6.70. The summed E-state index contributed by atoms with van der Waals surface area (Å²) in [6.07, 6.45) is 3.21. The van der Waals surface area contributed by atoms with Crippen molar-refractivity contribution >= 4 is 17.5 Å². The molecule has 102 valence electrons. The van der Waals surface area contributed by atoms with Crippen LogP contribution in [0.1, 0.15) is 30.0 Å². The van der Waals surface area contributed by atoms with Gasteiger partial charge in [-0.15, -0.1) is 0 Å². The van der Waals surface area contributed by atoms with Crippen molar-refractivity contribution in [2.24, 2.45) is 0 Å². The number of hydrogen-bond acceptors (Lipinski definition) is 2. The van der Waals surface area contributed by atoms with Gasteiger partial charge in [0.05, 0.1) is 0 Å². The molecule has 0 spiro atoms. The summed E-state index contributed by atoms with van der Waals surface area (Å²) >= 11 is 5.96. The summed E-state index contributed by atoms with van der Waals surface area (Å²) in [5.41, 5.74) is 2.10. The molecule has 20 heavy (non-hydrogen) atoms. The Bertz CT molecular complexity index is 598. The van der Waals surface area contributed by atoms with Crippen molar-refractivity contribution in [1.29, 1.82) is 0 Å². The highest BCUT2D eigenvalue weighted by Crippen LogP contribution is 2.31. The highest BCUT2D eigenvalue weighted by atomic mass is 35.5. The molecule has 2 aromatic rings. The fourth-order valence-corrected chi connectivity index (χ4v) is 2.85. The fourth-order valence-electron chi connectivity index (χ4n) is 2.73. The van der Waals surface area contributed by atoms with Gasteiger partial charge in [-0.1, -0.05) is 29.8 Å². The molecule has 1 aromatic heterocycles. The maximum atomic E-state index is 11.5. The molecule has 3 nitrogen and oxygen atoms in total. The van der Waals surface area contributed by atoms with E-state index in [-0.39, 0.29) is 17.9 Å². The molecule has 0 bridgehead atoms. The second kappa shape index (κ2) is 5.63. The number of carbonyl (C=O) groups is 1. The summed E-state index contributed by atoms with van der Waals surface area (Å²) in [5.74, 6) is 0.185. The predicted octanol–water partition coefficient (Wildman–Crippen LogP) is 3.15. The summed E-state index contributed by atoms with van der Waals surface area (Å²) in [6.45, 7) is 0. The average molecular weight is 287 g/mol. The number of pyridine rings is 1. The Labute approximate surface area is 123 Å². The molecule has 1 aliphatic heterocycles. The van der Waals surface area contributed by atoms with Crippen LogP contribution in [0.3, 0.4) is 0 Å². The lowest BCUT2D eigenvalue weighted by molar-refractivity contribution is -0.119. The number of aromatic nitrogens is 1. The van der Waals surface area contributed by atoms with Crippen molar-refractivity contribution in [3.63, 3.8) is 0 Å². The van der Waals surface area contributed by atoms with Gasteiger partial charge >= 0.3 is 0 Å². The largest absolute Gasteiger partial charge is 0.352 e. The third-order valence-corrected chi connectivity index (χ3v) is 3.92. The monoisotopic (exact) mass is 286 g/mol. The highest BCUT2D eigenvalue weighted by molar-refractivity contribution is 6.30. The Morgan fingerprint density at radius 2 is 2.00 bits per heavy atom. The van der Waals surface area contributed by atoms with Crippen molar-refractivity contribution in [3.8, 4) is 0 Å². The molecular weight excluding hydrogens is 272 g/mol. The van der Waals surface area contributed by atoms with E-state index in [1.165, 1.54) is 0 Å². The number of benzene rings is 1. The van der Waals surface area contributed by atoms with E-state index < -0.39 is 0 Å². The van der Waals surface area contributed by atoms with Gasteiger partial charge in [0, 0.05) is 35.3 Å². The van der Waals surface area contributed by atoms with Crippen LogP contribution in [-0.4, -0.2) is 16.9 Å². The molecule has 1 amide bonds. The van der Waals surface area contributed by atoms with Gasteiger partial charge in [-0.3, -0.25) is 9.78 Å². The van der Waals surface area contributed by atoms with Crippen LogP contribution in [0, 0.1) is 0 Å². The van der Waals surface area contributed by atoms with Crippen LogP contribution in [0.4, 0.5) is 0 Å². The zero-order chi connectivity index (χ0) is 13.9. The van der Waals surface area contributed by atoms with Crippen LogP contribution in [0.2, 0.25) is 5.02 Å². The molecule has 0 radical (unpaired) electrons. The lowest BCUT2D eigenvalue weighted by Gasteiger charge is -2.23. The lowest BCUT2D eigenvalue weighted by Crippen LogP contribution is -2.32. The first kappa shape index (κ1) is 13.1. The minimum absolute atomic E-state index is 0.0694. The number of rotatable bonds is 3. The molecule has 2 heterocycles. The van der Waals surface area contributed by atoms with Crippen molar-refractivity contribution < 1.29 is 4.79 Å². The SMILES string of the molecule is O=C1CC[C@H]([C@@H](c2ccc(Cl)cc2)c2ccccn2)N1. The average Bonchev–Trinajstić information content (AvgIpc) is 2.89. The van der Waals surface area contributed by atoms with E-state index in [2.05, 4.69) is 10.3 Å². The normalized spacial score (nSPS) is 19.6. The van der Waals surface area contributed by atoms with E-state index in [9.17, 15) is 4.79 Å². The Hall–Kier alpha value is -1.87. The zero-order valence-corrected chi connectivity index (χ0v) is 11.7. The summed E-state index contributed by atoms with van der Waals surface area (Å²) in [4.78, 5) is 16.0. The summed E-state index contributed by atoms with van der Waals surface area (Å²) in [6, 6.07) is 13.7. The van der Waals surface area contributed by atoms with Gasteiger partial charge in [0.1, 0.15) is 0 Å². The van der Waals surface area contributed by atoms with Crippen LogP contribution < -0.4 is 5.32 Å². The summed E-state index contributed by atoms with van der Waals surface area (Å²) in [7, 11) is 0. The summed E-state index contributed by atoms with van der Waals surface area (Å²) in [5, 5.41) is 3.77. The van der Waals surface area contributed by atoms with Crippen LogP contribution in [-0.2, 0) is 4.79 Å². The Morgan fingerprint density at radius 1 is 1.20 bits per heavy atom. The van der Waals surface area contributed by atoms with Gasteiger partial charge in [0.25, 0.3) is 0 Å². The van der Waals surface area contributed by atoms with Gasteiger partial charge in [0.15, 0.2) is 0 Å². The van der Waals surface area contributed by atoms with Crippen molar-refractivity contribution in [1.82, 2.24) is 10.3 Å².